The number of fused-ring (bicyclic) bond motifs is 3. The molecule has 7 heteroatoms. The third kappa shape index (κ3) is 4.58. The van der Waals surface area contributed by atoms with Gasteiger partial charge in [-0.05, 0) is 87.6 Å². The average Bonchev–Trinajstić information content (AvgIpc) is 3.41. The standard InChI is InChI=1S/C28H35N3O3S/c1-18(2)34-22-11-7-20(8-12-22)16-31-26(32)24-15-25-23(13-14-35-25)30(24)17-28(31,4)27(33)29-21-9-5-19(3)6-10-21/h7-8,11-15,18-19,21H,5-6,9-10,16-17H2,1-4H3,(H,29,33). The number of amides is 2. The van der Waals surface area contributed by atoms with Crippen molar-refractivity contribution in [1.29, 1.82) is 0 Å². The fourth-order valence-electron chi connectivity index (χ4n) is 5.39. The van der Waals surface area contributed by atoms with Gasteiger partial charge in [-0.2, -0.15) is 0 Å². The van der Waals surface area contributed by atoms with Crippen molar-refractivity contribution in [3.63, 3.8) is 0 Å². The highest BCUT2D eigenvalue weighted by atomic mass is 32.1. The summed E-state index contributed by atoms with van der Waals surface area (Å²) in [6.07, 6.45) is 4.36. The van der Waals surface area contributed by atoms with E-state index in [1.807, 2.05) is 67.1 Å². The van der Waals surface area contributed by atoms with E-state index in [1.54, 1.807) is 16.2 Å². The maximum Gasteiger partial charge on any atom is 0.271 e. The molecular formula is C28H35N3O3S. The molecule has 3 heterocycles. The minimum Gasteiger partial charge on any atom is -0.491 e. The van der Waals surface area contributed by atoms with Crippen LogP contribution in [0.4, 0.5) is 0 Å². The fraction of sp³-hybridized carbons (Fsp3) is 0.500. The first-order valence-corrected chi connectivity index (χ1v) is 13.6. The summed E-state index contributed by atoms with van der Waals surface area (Å²) in [7, 11) is 0. The number of nitrogens with one attached hydrogen (secondary N) is 1. The van der Waals surface area contributed by atoms with Gasteiger partial charge in [-0.3, -0.25) is 9.59 Å². The summed E-state index contributed by atoms with van der Waals surface area (Å²) >= 11 is 1.63. The van der Waals surface area contributed by atoms with E-state index >= 15 is 0 Å². The van der Waals surface area contributed by atoms with Crippen LogP contribution < -0.4 is 10.1 Å². The van der Waals surface area contributed by atoms with Crippen LogP contribution in [0.15, 0.2) is 41.8 Å². The summed E-state index contributed by atoms with van der Waals surface area (Å²) in [5, 5.41) is 5.36. The molecule has 1 aliphatic heterocycles. The number of carbonyl (C=O) groups is 2. The second kappa shape index (κ2) is 9.34. The molecule has 1 aliphatic carbocycles. The second-order valence-electron chi connectivity index (χ2n) is 10.7. The Morgan fingerprint density at radius 2 is 1.89 bits per heavy atom. The van der Waals surface area contributed by atoms with Crippen LogP contribution in [0.25, 0.3) is 10.2 Å². The highest BCUT2D eigenvalue weighted by molar-refractivity contribution is 7.17. The van der Waals surface area contributed by atoms with Crippen LogP contribution in [0.1, 0.15) is 69.4 Å². The van der Waals surface area contributed by atoms with Crippen molar-refractivity contribution >= 4 is 33.4 Å². The van der Waals surface area contributed by atoms with Crippen molar-refractivity contribution in [3.05, 3.63) is 53.0 Å². The summed E-state index contributed by atoms with van der Waals surface area (Å²) in [4.78, 5) is 29.5. The lowest BCUT2D eigenvalue weighted by Gasteiger charge is -2.45. The third-order valence-electron chi connectivity index (χ3n) is 7.52. The monoisotopic (exact) mass is 493 g/mol. The Morgan fingerprint density at radius 3 is 2.57 bits per heavy atom. The predicted octanol–water partition coefficient (Wildman–Crippen LogP) is 5.60. The third-order valence-corrected chi connectivity index (χ3v) is 8.38. The van der Waals surface area contributed by atoms with Gasteiger partial charge in [0.1, 0.15) is 17.0 Å². The van der Waals surface area contributed by atoms with Gasteiger partial charge >= 0.3 is 0 Å². The van der Waals surface area contributed by atoms with Crippen LogP contribution in [-0.2, 0) is 17.9 Å². The summed E-state index contributed by atoms with van der Waals surface area (Å²) in [6, 6.07) is 12.0. The number of benzene rings is 1. The van der Waals surface area contributed by atoms with Gasteiger partial charge in [0.05, 0.1) is 22.9 Å². The maximum atomic E-state index is 13.9. The number of carbonyl (C=O) groups excluding carboxylic acids is 2. The number of aromatic nitrogens is 1. The van der Waals surface area contributed by atoms with E-state index in [2.05, 4.69) is 12.2 Å². The van der Waals surface area contributed by atoms with Gasteiger partial charge in [0, 0.05) is 12.6 Å². The molecule has 1 unspecified atom stereocenters. The Kier molecular flexibility index (Phi) is 6.38. The summed E-state index contributed by atoms with van der Waals surface area (Å²) in [5.41, 5.74) is 1.66. The molecule has 2 aromatic heterocycles. The fourth-order valence-corrected chi connectivity index (χ4v) is 6.22. The largest absolute Gasteiger partial charge is 0.491 e. The van der Waals surface area contributed by atoms with E-state index in [-0.39, 0.29) is 24.0 Å². The average molecular weight is 494 g/mol. The Balaban J connectivity index is 1.46. The summed E-state index contributed by atoms with van der Waals surface area (Å²) in [6.45, 7) is 9.00. The Bertz CT molecular complexity index is 1220. The van der Waals surface area contributed by atoms with Crippen LogP contribution in [0.2, 0.25) is 0 Å². The minimum absolute atomic E-state index is 0.0621. The molecule has 5 rings (SSSR count). The molecule has 2 aliphatic rings. The van der Waals surface area contributed by atoms with Crippen molar-refractivity contribution in [3.8, 4) is 5.75 Å². The van der Waals surface area contributed by atoms with Gasteiger partial charge in [-0.25, -0.2) is 0 Å². The Labute approximate surface area is 211 Å². The molecule has 2 amide bonds. The van der Waals surface area contributed by atoms with Gasteiger partial charge in [0.15, 0.2) is 0 Å². The number of ether oxygens (including phenoxy) is 1. The first-order valence-electron chi connectivity index (χ1n) is 12.7. The zero-order valence-corrected chi connectivity index (χ0v) is 21.9. The summed E-state index contributed by atoms with van der Waals surface area (Å²) < 4.78 is 8.89. The van der Waals surface area contributed by atoms with Crippen molar-refractivity contribution in [2.75, 3.05) is 0 Å². The topological polar surface area (TPSA) is 63.6 Å². The lowest BCUT2D eigenvalue weighted by Crippen LogP contribution is -2.64. The Hall–Kier alpha value is -2.80. The number of nitrogens with zero attached hydrogens (tertiary/aromatic N) is 2. The highest BCUT2D eigenvalue weighted by Crippen LogP contribution is 2.36. The van der Waals surface area contributed by atoms with E-state index in [0.717, 1.165) is 47.2 Å². The molecule has 1 saturated carbocycles. The predicted molar refractivity (Wildman–Crippen MR) is 140 cm³/mol. The summed E-state index contributed by atoms with van der Waals surface area (Å²) in [5.74, 6) is 1.35. The maximum absolute atomic E-state index is 13.9. The van der Waals surface area contributed by atoms with Crippen LogP contribution in [0.3, 0.4) is 0 Å². The Morgan fingerprint density at radius 1 is 1.17 bits per heavy atom. The smallest absolute Gasteiger partial charge is 0.271 e. The van der Waals surface area contributed by atoms with E-state index in [1.165, 1.54) is 0 Å². The molecule has 0 spiro atoms. The van der Waals surface area contributed by atoms with Crippen LogP contribution in [-0.4, -0.2) is 39.0 Å². The number of thiophene rings is 1. The molecule has 1 aromatic carbocycles. The second-order valence-corrected chi connectivity index (χ2v) is 11.6. The lowest BCUT2D eigenvalue weighted by molar-refractivity contribution is -0.134. The minimum atomic E-state index is -0.992. The van der Waals surface area contributed by atoms with Crippen molar-refractivity contribution < 1.29 is 14.3 Å². The van der Waals surface area contributed by atoms with E-state index in [9.17, 15) is 9.59 Å². The zero-order chi connectivity index (χ0) is 24.7. The quantitative estimate of drug-likeness (QED) is 0.486. The molecule has 35 heavy (non-hydrogen) atoms. The molecule has 186 valence electrons. The van der Waals surface area contributed by atoms with Gasteiger partial charge in [0.25, 0.3) is 5.91 Å². The highest BCUT2D eigenvalue weighted by Gasteiger charge is 2.48. The number of rotatable bonds is 6. The van der Waals surface area contributed by atoms with E-state index in [4.69, 9.17) is 4.74 Å². The number of hydrogen-bond acceptors (Lipinski definition) is 4. The first-order chi connectivity index (χ1) is 16.7. The van der Waals surface area contributed by atoms with Crippen LogP contribution in [0, 0.1) is 5.92 Å². The molecule has 0 bridgehead atoms. The molecule has 6 nitrogen and oxygen atoms in total. The van der Waals surface area contributed by atoms with Gasteiger partial charge in [-0.15, -0.1) is 11.3 Å². The number of hydrogen-bond donors (Lipinski definition) is 1. The molecule has 0 radical (unpaired) electrons. The van der Waals surface area contributed by atoms with E-state index in [0.29, 0.717) is 24.7 Å². The molecule has 1 N–H and O–H groups in total. The zero-order valence-electron chi connectivity index (χ0n) is 21.0. The lowest BCUT2D eigenvalue weighted by atomic mass is 9.86. The molecule has 0 saturated heterocycles. The normalized spacial score (nSPS) is 24.6. The molecular weight excluding hydrogens is 458 g/mol. The molecule has 1 fully saturated rings. The molecule has 3 aromatic rings. The molecule has 1 atom stereocenters. The van der Waals surface area contributed by atoms with Crippen molar-refractivity contribution in [2.45, 2.75) is 84.2 Å². The first kappa shape index (κ1) is 23.9. The van der Waals surface area contributed by atoms with Crippen LogP contribution >= 0.6 is 11.3 Å². The van der Waals surface area contributed by atoms with Crippen molar-refractivity contribution in [2.24, 2.45) is 5.92 Å². The van der Waals surface area contributed by atoms with Gasteiger partial charge in [-0.1, -0.05) is 19.1 Å². The van der Waals surface area contributed by atoms with Gasteiger partial charge < -0.3 is 19.5 Å². The van der Waals surface area contributed by atoms with E-state index < -0.39 is 5.54 Å². The SMILES string of the molecule is CC1CCC(NC(=O)C2(C)Cn3c(cc4sccc43)C(=O)N2Cc2ccc(OC(C)C)cc2)CC1. The van der Waals surface area contributed by atoms with Gasteiger partial charge in [0.2, 0.25) is 5.91 Å². The van der Waals surface area contributed by atoms with Crippen LogP contribution in [0.5, 0.6) is 5.75 Å². The van der Waals surface area contributed by atoms with Crippen molar-refractivity contribution in [1.82, 2.24) is 14.8 Å².